The van der Waals surface area contributed by atoms with Crippen molar-refractivity contribution in [2.45, 2.75) is 13.5 Å². The van der Waals surface area contributed by atoms with E-state index in [0.29, 0.717) is 12.2 Å². The van der Waals surface area contributed by atoms with Crippen molar-refractivity contribution < 1.29 is 8.42 Å². The van der Waals surface area contributed by atoms with Gasteiger partial charge in [-0.15, -0.1) is 0 Å². The summed E-state index contributed by atoms with van der Waals surface area (Å²) in [6, 6.07) is 0. The van der Waals surface area contributed by atoms with Crippen molar-refractivity contribution in [2.24, 2.45) is 5.14 Å². The lowest BCUT2D eigenvalue weighted by Crippen LogP contribution is -2.21. The van der Waals surface area contributed by atoms with Crippen molar-refractivity contribution in [3.05, 3.63) is 12.4 Å². The molecule has 68 valence electrons. The van der Waals surface area contributed by atoms with Gasteiger partial charge in [0.25, 0.3) is 10.2 Å². The van der Waals surface area contributed by atoms with E-state index >= 15 is 0 Å². The van der Waals surface area contributed by atoms with E-state index in [1.54, 1.807) is 10.9 Å². The third kappa shape index (κ3) is 2.51. The number of anilines is 1. The average Bonchev–Trinajstić information content (AvgIpc) is 2.32. The molecule has 3 N–H and O–H groups in total. The van der Waals surface area contributed by atoms with Crippen LogP contribution in [-0.4, -0.2) is 18.2 Å². The molecule has 7 heteroatoms. The Kier molecular flexibility index (Phi) is 2.34. The standard InChI is InChI=1S/C5H10N4O2S/c1-2-9-4-5(3-7-9)8-12(6,10)11/h3-4,8H,2H2,1H3,(H2,6,10,11). The molecule has 0 atom stereocenters. The first-order valence-corrected chi connectivity index (χ1v) is 4.89. The molecule has 6 nitrogen and oxygen atoms in total. The predicted octanol–water partition coefficient (Wildman–Crippen LogP) is -0.482. The van der Waals surface area contributed by atoms with Crippen LogP contribution in [-0.2, 0) is 16.8 Å². The minimum absolute atomic E-state index is 0.374. The molecular formula is C5H10N4O2S. The maximum Gasteiger partial charge on any atom is 0.296 e. The van der Waals surface area contributed by atoms with E-state index in [1.807, 2.05) is 6.92 Å². The molecule has 12 heavy (non-hydrogen) atoms. The molecule has 0 saturated carbocycles. The summed E-state index contributed by atoms with van der Waals surface area (Å²) in [5.74, 6) is 0. The van der Waals surface area contributed by atoms with Crippen LogP contribution in [0.15, 0.2) is 12.4 Å². The number of hydrogen-bond acceptors (Lipinski definition) is 3. The zero-order valence-electron chi connectivity index (χ0n) is 6.56. The number of nitrogens with two attached hydrogens (primary N) is 1. The average molecular weight is 190 g/mol. The number of hydrogen-bond donors (Lipinski definition) is 2. The fourth-order valence-electron chi connectivity index (χ4n) is 0.753. The Morgan fingerprint density at radius 3 is 2.83 bits per heavy atom. The highest BCUT2D eigenvalue weighted by atomic mass is 32.2. The Hall–Kier alpha value is -1.08. The molecule has 0 amide bonds. The smallest absolute Gasteiger partial charge is 0.271 e. The second-order valence-corrected chi connectivity index (χ2v) is 3.53. The van der Waals surface area contributed by atoms with Gasteiger partial charge in [-0.1, -0.05) is 0 Å². The Balaban J connectivity index is 2.78. The SMILES string of the molecule is CCn1cc(NS(N)(=O)=O)cn1. The van der Waals surface area contributed by atoms with Crippen LogP contribution in [0.25, 0.3) is 0 Å². The maximum absolute atomic E-state index is 10.5. The fraction of sp³-hybridized carbons (Fsp3) is 0.400. The summed E-state index contributed by atoms with van der Waals surface area (Å²) in [6.07, 6.45) is 2.96. The quantitative estimate of drug-likeness (QED) is 0.674. The topological polar surface area (TPSA) is 90.0 Å². The van der Waals surface area contributed by atoms with Crippen molar-refractivity contribution in [2.75, 3.05) is 4.72 Å². The molecule has 1 aromatic rings. The molecule has 1 heterocycles. The van der Waals surface area contributed by atoms with Gasteiger partial charge < -0.3 is 0 Å². The number of aromatic nitrogens is 2. The van der Waals surface area contributed by atoms with Crippen molar-refractivity contribution in [1.82, 2.24) is 9.78 Å². The molecule has 1 aromatic heterocycles. The van der Waals surface area contributed by atoms with E-state index < -0.39 is 10.2 Å². The molecule has 0 fully saturated rings. The number of rotatable bonds is 3. The van der Waals surface area contributed by atoms with Gasteiger partial charge >= 0.3 is 0 Å². The molecule has 0 bridgehead atoms. The van der Waals surface area contributed by atoms with Gasteiger partial charge in [0.05, 0.1) is 11.9 Å². The first kappa shape index (κ1) is 9.01. The van der Waals surface area contributed by atoms with Crippen LogP contribution in [0.3, 0.4) is 0 Å². The molecule has 0 spiro atoms. The minimum atomic E-state index is -3.68. The van der Waals surface area contributed by atoms with Crippen molar-refractivity contribution in [3.8, 4) is 0 Å². The zero-order chi connectivity index (χ0) is 9.19. The van der Waals surface area contributed by atoms with Crippen LogP contribution in [0.1, 0.15) is 6.92 Å². The second-order valence-electron chi connectivity index (χ2n) is 2.23. The summed E-state index contributed by atoms with van der Waals surface area (Å²) in [4.78, 5) is 0. The van der Waals surface area contributed by atoms with Crippen LogP contribution >= 0.6 is 0 Å². The third-order valence-electron chi connectivity index (χ3n) is 1.22. The van der Waals surface area contributed by atoms with Gasteiger partial charge in [-0.05, 0) is 6.92 Å². The van der Waals surface area contributed by atoms with Crippen LogP contribution in [0, 0.1) is 0 Å². The fourth-order valence-corrected chi connectivity index (χ4v) is 1.19. The lowest BCUT2D eigenvalue weighted by molar-refractivity contribution is 0.603. The van der Waals surface area contributed by atoms with Gasteiger partial charge in [-0.3, -0.25) is 9.40 Å². The van der Waals surface area contributed by atoms with Crippen LogP contribution < -0.4 is 9.86 Å². The lowest BCUT2D eigenvalue weighted by Gasteiger charge is -1.96. The molecule has 0 aliphatic rings. The normalized spacial score (nSPS) is 11.5. The van der Waals surface area contributed by atoms with Crippen LogP contribution in [0.2, 0.25) is 0 Å². The largest absolute Gasteiger partial charge is 0.296 e. The Morgan fingerprint density at radius 1 is 1.75 bits per heavy atom. The zero-order valence-corrected chi connectivity index (χ0v) is 7.37. The molecule has 0 aromatic carbocycles. The molecule has 0 radical (unpaired) electrons. The Bertz CT molecular complexity index is 355. The molecule has 0 aliphatic carbocycles. The van der Waals surface area contributed by atoms with Crippen LogP contribution in [0.5, 0.6) is 0 Å². The second kappa shape index (κ2) is 3.11. The van der Waals surface area contributed by atoms with Gasteiger partial charge in [0.15, 0.2) is 0 Å². The van der Waals surface area contributed by atoms with E-state index in [-0.39, 0.29) is 0 Å². The summed E-state index contributed by atoms with van der Waals surface area (Å²) in [5, 5.41) is 8.60. The highest BCUT2D eigenvalue weighted by Gasteiger charge is 2.03. The van der Waals surface area contributed by atoms with Crippen LogP contribution in [0.4, 0.5) is 5.69 Å². The van der Waals surface area contributed by atoms with Gasteiger partial charge in [0, 0.05) is 12.7 Å². The van der Waals surface area contributed by atoms with Crippen molar-refractivity contribution in [3.63, 3.8) is 0 Å². The van der Waals surface area contributed by atoms with Gasteiger partial charge in [-0.2, -0.15) is 13.5 Å². The first-order chi connectivity index (χ1) is 5.51. The van der Waals surface area contributed by atoms with Gasteiger partial charge in [0.1, 0.15) is 0 Å². The monoisotopic (exact) mass is 190 g/mol. The van der Waals surface area contributed by atoms with E-state index in [2.05, 4.69) is 9.82 Å². The number of aryl methyl sites for hydroxylation is 1. The summed E-state index contributed by atoms with van der Waals surface area (Å²) in [5.41, 5.74) is 0.374. The van der Waals surface area contributed by atoms with E-state index in [0.717, 1.165) is 0 Å². The van der Waals surface area contributed by atoms with Gasteiger partial charge in [-0.25, -0.2) is 5.14 Å². The molecule has 1 rings (SSSR count). The summed E-state index contributed by atoms with van der Waals surface area (Å²) < 4.78 is 24.7. The molecule has 0 unspecified atom stereocenters. The van der Waals surface area contributed by atoms with Crippen molar-refractivity contribution in [1.29, 1.82) is 0 Å². The predicted molar refractivity (Wildman–Crippen MR) is 44.6 cm³/mol. The molecule has 0 aliphatic heterocycles. The van der Waals surface area contributed by atoms with E-state index in [9.17, 15) is 8.42 Å². The van der Waals surface area contributed by atoms with Crippen molar-refractivity contribution >= 4 is 15.9 Å². The maximum atomic E-state index is 10.5. The number of nitrogens with zero attached hydrogens (tertiary/aromatic N) is 2. The summed E-state index contributed by atoms with van der Waals surface area (Å²) in [7, 11) is -3.68. The molecule has 0 saturated heterocycles. The van der Waals surface area contributed by atoms with Gasteiger partial charge in [0.2, 0.25) is 0 Å². The highest BCUT2D eigenvalue weighted by Crippen LogP contribution is 2.04. The Labute approximate surface area is 70.6 Å². The summed E-state index contributed by atoms with van der Waals surface area (Å²) in [6.45, 7) is 2.58. The highest BCUT2D eigenvalue weighted by molar-refractivity contribution is 7.90. The summed E-state index contributed by atoms with van der Waals surface area (Å²) >= 11 is 0. The minimum Gasteiger partial charge on any atom is -0.271 e. The van der Waals surface area contributed by atoms with E-state index in [4.69, 9.17) is 5.14 Å². The first-order valence-electron chi connectivity index (χ1n) is 3.34. The molecular weight excluding hydrogens is 180 g/mol. The number of nitrogens with one attached hydrogen (secondary N) is 1. The van der Waals surface area contributed by atoms with E-state index in [1.165, 1.54) is 6.20 Å². The Morgan fingerprint density at radius 2 is 2.42 bits per heavy atom. The third-order valence-corrected chi connectivity index (χ3v) is 1.74. The lowest BCUT2D eigenvalue weighted by atomic mass is 10.6.